The number of nitrogens with two attached hydrogens (primary N) is 1. The third-order valence-electron chi connectivity index (χ3n) is 2.92. The van der Waals surface area contributed by atoms with Crippen molar-refractivity contribution in [2.75, 3.05) is 6.54 Å². The van der Waals surface area contributed by atoms with Gasteiger partial charge in [0.2, 0.25) is 10.0 Å². The van der Waals surface area contributed by atoms with Crippen LogP contribution in [0.5, 0.6) is 0 Å². The number of aromatic nitrogens is 2. The Morgan fingerprint density at radius 2 is 2.05 bits per heavy atom. The number of aryl methyl sites for hydroxylation is 1. The summed E-state index contributed by atoms with van der Waals surface area (Å²) >= 11 is 0. The van der Waals surface area contributed by atoms with Gasteiger partial charge in [-0.2, -0.15) is 5.10 Å². The number of nitrogens with zero attached hydrogens (tertiary/aromatic N) is 2. The van der Waals surface area contributed by atoms with Gasteiger partial charge in [0.05, 0.1) is 6.20 Å². The topological polar surface area (TPSA) is 90.0 Å². The SMILES string of the molecule is Cn1cc(S(=O)(=O)NC(CN)Cc2ccccc2)cn1. The highest BCUT2D eigenvalue weighted by atomic mass is 32.2. The predicted molar refractivity (Wildman–Crippen MR) is 76.5 cm³/mol. The Hall–Kier alpha value is -1.70. The van der Waals surface area contributed by atoms with Crippen molar-refractivity contribution in [2.24, 2.45) is 12.8 Å². The van der Waals surface area contributed by atoms with Crippen molar-refractivity contribution in [3.63, 3.8) is 0 Å². The molecule has 0 aliphatic heterocycles. The van der Waals surface area contributed by atoms with E-state index in [0.29, 0.717) is 6.42 Å². The Bertz CT molecular complexity index is 652. The molecule has 1 aromatic carbocycles. The summed E-state index contributed by atoms with van der Waals surface area (Å²) in [5.41, 5.74) is 6.70. The molecule has 1 unspecified atom stereocenters. The van der Waals surface area contributed by atoms with Gasteiger partial charge in [-0.25, -0.2) is 13.1 Å². The Kier molecular flexibility index (Phi) is 4.53. The minimum absolute atomic E-state index is 0.145. The average Bonchev–Trinajstić information content (AvgIpc) is 2.86. The van der Waals surface area contributed by atoms with Crippen LogP contribution in [0.2, 0.25) is 0 Å². The molecule has 7 heteroatoms. The van der Waals surface area contributed by atoms with Crippen molar-refractivity contribution in [3.05, 3.63) is 48.3 Å². The molecular formula is C13H18N4O2S. The molecule has 0 saturated carbocycles. The Morgan fingerprint density at radius 1 is 1.35 bits per heavy atom. The minimum atomic E-state index is -3.58. The lowest BCUT2D eigenvalue weighted by Crippen LogP contribution is -2.41. The number of rotatable bonds is 6. The summed E-state index contributed by atoms with van der Waals surface area (Å²) in [5.74, 6) is 0. The number of nitrogens with one attached hydrogen (secondary N) is 1. The fourth-order valence-electron chi connectivity index (χ4n) is 1.90. The van der Waals surface area contributed by atoms with Gasteiger partial charge in [0.15, 0.2) is 0 Å². The van der Waals surface area contributed by atoms with Crippen LogP contribution < -0.4 is 10.5 Å². The fourth-order valence-corrected chi connectivity index (χ4v) is 3.13. The third-order valence-corrected chi connectivity index (χ3v) is 4.40. The minimum Gasteiger partial charge on any atom is -0.329 e. The van der Waals surface area contributed by atoms with E-state index >= 15 is 0 Å². The average molecular weight is 294 g/mol. The molecular weight excluding hydrogens is 276 g/mol. The molecule has 0 radical (unpaired) electrons. The molecule has 6 nitrogen and oxygen atoms in total. The van der Waals surface area contributed by atoms with Crippen molar-refractivity contribution in [1.82, 2.24) is 14.5 Å². The lowest BCUT2D eigenvalue weighted by Gasteiger charge is -2.16. The smallest absolute Gasteiger partial charge is 0.243 e. The van der Waals surface area contributed by atoms with Crippen LogP contribution in [0.1, 0.15) is 5.56 Å². The normalized spacial score (nSPS) is 13.3. The number of sulfonamides is 1. The standard InChI is InChI=1S/C13H18N4O2S/c1-17-10-13(9-15-17)20(18,19)16-12(8-14)7-11-5-3-2-4-6-11/h2-6,9-10,12,16H,7-8,14H2,1H3. The third kappa shape index (κ3) is 3.66. The second-order valence-corrected chi connectivity index (χ2v) is 6.31. The maximum absolute atomic E-state index is 12.2. The molecule has 108 valence electrons. The van der Waals surface area contributed by atoms with Crippen LogP contribution in [0.3, 0.4) is 0 Å². The van der Waals surface area contributed by atoms with Crippen LogP contribution in [0.25, 0.3) is 0 Å². The van der Waals surface area contributed by atoms with Crippen LogP contribution in [0.4, 0.5) is 0 Å². The van der Waals surface area contributed by atoms with Crippen LogP contribution in [0, 0.1) is 0 Å². The van der Waals surface area contributed by atoms with E-state index < -0.39 is 10.0 Å². The molecule has 1 heterocycles. The van der Waals surface area contributed by atoms with E-state index in [-0.39, 0.29) is 17.5 Å². The fraction of sp³-hybridized carbons (Fsp3) is 0.308. The summed E-state index contributed by atoms with van der Waals surface area (Å²) < 4.78 is 28.4. The second kappa shape index (κ2) is 6.17. The van der Waals surface area contributed by atoms with Crippen molar-refractivity contribution in [1.29, 1.82) is 0 Å². The summed E-state index contributed by atoms with van der Waals surface area (Å²) in [6.45, 7) is 0.231. The maximum atomic E-state index is 12.2. The first-order chi connectivity index (χ1) is 9.51. The largest absolute Gasteiger partial charge is 0.329 e. The van der Waals surface area contributed by atoms with Gasteiger partial charge >= 0.3 is 0 Å². The van der Waals surface area contributed by atoms with Crippen LogP contribution in [-0.4, -0.2) is 30.8 Å². The molecule has 0 fully saturated rings. The van der Waals surface area contributed by atoms with Crippen molar-refractivity contribution in [2.45, 2.75) is 17.4 Å². The molecule has 0 aliphatic rings. The van der Waals surface area contributed by atoms with E-state index in [2.05, 4.69) is 9.82 Å². The monoisotopic (exact) mass is 294 g/mol. The molecule has 0 bridgehead atoms. The second-order valence-electron chi connectivity index (χ2n) is 4.59. The zero-order valence-electron chi connectivity index (χ0n) is 11.2. The summed E-state index contributed by atoms with van der Waals surface area (Å²) in [6.07, 6.45) is 3.33. The molecule has 0 spiro atoms. The van der Waals surface area contributed by atoms with Crippen LogP contribution in [-0.2, 0) is 23.5 Å². The molecule has 3 N–H and O–H groups in total. The van der Waals surface area contributed by atoms with E-state index in [1.807, 2.05) is 30.3 Å². The maximum Gasteiger partial charge on any atom is 0.243 e. The van der Waals surface area contributed by atoms with E-state index in [9.17, 15) is 8.42 Å². The molecule has 1 atom stereocenters. The van der Waals surface area contributed by atoms with Crippen LogP contribution >= 0.6 is 0 Å². The lowest BCUT2D eigenvalue weighted by atomic mass is 10.1. The van der Waals surface area contributed by atoms with Gasteiger partial charge < -0.3 is 5.73 Å². The summed E-state index contributed by atoms with van der Waals surface area (Å²) in [5, 5.41) is 3.87. The number of hydrogen-bond acceptors (Lipinski definition) is 4. The Morgan fingerprint density at radius 3 is 2.60 bits per heavy atom. The van der Waals surface area contributed by atoms with Gasteiger partial charge in [-0.3, -0.25) is 4.68 Å². The molecule has 2 rings (SSSR count). The van der Waals surface area contributed by atoms with Gasteiger partial charge in [-0.15, -0.1) is 0 Å². The quantitative estimate of drug-likeness (QED) is 0.800. The molecule has 20 heavy (non-hydrogen) atoms. The van der Waals surface area contributed by atoms with Crippen molar-refractivity contribution < 1.29 is 8.42 Å². The Labute approximate surface area is 118 Å². The van der Waals surface area contributed by atoms with Gasteiger partial charge in [0.25, 0.3) is 0 Å². The number of benzene rings is 1. The summed E-state index contributed by atoms with van der Waals surface area (Å²) in [6, 6.07) is 9.29. The highest BCUT2D eigenvalue weighted by Crippen LogP contribution is 2.09. The van der Waals surface area contributed by atoms with Gasteiger partial charge in [0.1, 0.15) is 4.90 Å². The van der Waals surface area contributed by atoms with Crippen LogP contribution in [0.15, 0.2) is 47.6 Å². The highest BCUT2D eigenvalue weighted by molar-refractivity contribution is 7.89. The first-order valence-electron chi connectivity index (χ1n) is 6.26. The number of hydrogen-bond donors (Lipinski definition) is 2. The van der Waals surface area contributed by atoms with E-state index in [0.717, 1.165) is 5.56 Å². The highest BCUT2D eigenvalue weighted by Gasteiger charge is 2.20. The zero-order chi connectivity index (χ0) is 14.6. The first kappa shape index (κ1) is 14.7. The van der Waals surface area contributed by atoms with E-state index in [4.69, 9.17) is 5.73 Å². The molecule has 0 amide bonds. The van der Waals surface area contributed by atoms with Crippen molar-refractivity contribution in [3.8, 4) is 0 Å². The lowest BCUT2D eigenvalue weighted by molar-refractivity contribution is 0.548. The predicted octanol–water partition coefficient (Wildman–Crippen LogP) is 0.268. The van der Waals surface area contributed by atoms with E-state index in [1.54, 1.807) is 7.05 Å². The molecule has 1 aromatic heterocycles. The molecule has 0 saturated heterocycles. The first-order valence-corrected chi connectivity index (χ1v) is 7.74. The Balaban J connectivity index is 2.10. The summed E-state index contributed by atoms with van der Waals surface area (Å²) in [4.78, 5) is 0.145. The van der Waals surface area contributed by atoms with Gasteiger partial charge in [-0.05, 0) is 12.0 Å². The summed E-state index contributed by atoms with van der Waals surface area (Å²) in [7, 11) is -1.91. The zero-order valence-corrected chi connectivity index (χ0v) is 12.0. The molecule has 2 aromatic rings. The van der Waals surface area contributed by atoms with Gasteiger partial charge in [0, 0.05) is 25.8 Å². The van der Waals surface area contributed by atoms with Crippen molar-refractivity contribution >= 4 is 10.0 Å². The van der Waals surface area contributed by atoms with Gasteiger partial charge in [-0.1, -0.05) is 30.3 Å². The molecule has 0 aliphatic carbocycles. The van der Waals surface area contributed by atoms with E-state index in [1.165, 1.54) is 17.1 Å².